The first-order valence-corrected chi connectivity index (χ1v) is 8.71. The van der Waals surface area contributed by atoms with E-state index in [9.17, 15) is 4.79 Å². The molecule has 0 radical (unpaired) electrons. The van der Waals surface area contributed by atoms with Crippen molar-refractivity contribution in [1.82, 2.24) is 9.55 Å². The van der Waals surface area contributed by atoms with E-state index in [1.54, 1.807) is 12.1 Å². The second-order valence-corrected chi connectivity index (χ2v) is 6.27. The third kappa shape index (κ3) is 3.40. The molecule has 2 aromatic rings. The van der Waals surface area contributed by atoms with Crippen LogP contribution < -0.4 is 0 Å². The fourth-order valence-electron chi connectivity index (χ4n) is 2.59. The van der Waals surface area contributed by atoms with Crippen molar-refractivity contribution in [1.29, 1.82) is 0 Å². The lowest BCUT2D eigenvalue weighted by molar-refractivity contribution is 0.0697. The summed E-state index contributed by atoms with van der Waals surface area (Å²) in [7, 11) is 0. The highest BCUT2D eigenvalue weighted by Crippen LogP contribution is 2.25. The quantitative estimate of drug-likeness (QED) is 0.840. The standard InChI is InChI=1S/C16H22N2O2S/c1-4-5-15-17-13-10-12(16(19)20)6-7-14(13)18(15)11(2)8-9-21-3/h6-7,10-11H,4-5,8-9H2,1-3H3,(H,19,20). The molecule has 21 heavy (non-hydrogen) atoms. The Morgan fingerprint density at radius 1 is 1.48 bits per heavy atom. The summed E-state index contributed by atoms with van der Waals surface area (Å²) in [5.74, 6) is 1.27. The monoisotopic (exact) mass is 306 g/mol. The molecule has 1 heterocycles. The average Bonchev–Trinajstić information content (AvgIpc) is 2.82. The van der Waals surface area contributed by atoms with Gasteiger partial charge in [0.25, 0.3) is 0 Å². The van der Waals surface area contributed by atoms with E-state index < -0.39 is 5.97 Å². The van der Waals surface area contributed by atoms with Crippen molar-refractivity contribution in [2.45, 2.75) is 39.2 Å². The molecule has 0 saturated carbocycles. The van der Waals surface area contributed by atoms with Crippen molar-refractivity contribution < 1.29 is 9.90 Å². The number of benzene rings is 1. The Morgan fingerprint density at radius 3 is 2.86 bits per heavy atom. The van der Waals surface area contributed by atoms with Crippen LogP contribution in [0.4, 0.5) is 0 Å². The Hall–Kier alpha value is -1.49. The Balaban J connectivity index is 2.49. The van der Waals surface area contributed by atoms with Crippen LogP contribution in [0.15, 0.2) is 18.2 Å². The van der Waals surface area contributed by atoms with Gasteiger partial charge in [0, 0.05) is 12.5 Å². The number of carboxylic acids is 1. The number of aryl methyl sites for hydroxylation is 1. The van der Waals surface area contributed by atoms with Gasteiger partial charge in [-0.25, -0.2) is 9.78 Å². The number of hydrogen-bond acceptors (Lipinski definition) is 3. The summed E-state index contributed by atoms with van der Waals surface area (Å²) in [6, 6.07) is 5.61. The molecule has 0 aliphatic carbocycles. The molecular formula is C16H22N2O2S. The van der Waals surface area contributed by atoms with E-state index in [1.165, 1.54) is 0 Å². The van der Waals surface area contributed by atoms with E-state index in [4.69, 9.17) is 5.11 Å². The van der Waals surface area contributed by atoms with Gasteiger partial charge in [-0.05, 0) is 50.0 Å². The number of rotatable bonds is 7. The number of carboxylic acid groups (broad SMARTS) is 1. The van der Waals surface area contributed by atoms with Crippen molar-refractivity contribution in [3.63, 3.8) is 0 Å². The molecule has 0 aliphatic heterocycles. The van der Waals surface area contributed by atoms with Crippen LogP contribution in [0.5, 0.6) is 0 Å². The summed E-state index contributed by atoms with van der Waals surface area (Å²) >= 11 is 1.85. The summed E-state index contributed by atoms with van der Waals surface area (Å²) in [6.45, 7) is 4.35. The van der Waals surface area contributed by atoms with Crippen molar-refractivity contribution >= 4 is 28.8 Å². The second kappa shape index (κ2) is 6.98. The molecule has 114 valence electrons. The number of hydrogen-bond donors (Lipinski definition) is 1. The maximum Gasteiger partial charge on any atom is 0.335 e. The number of nitrogens with zero attached hydrogens (tertiary/aromatic N) is 2. The highest BCUT2D eigenvalue weighted by Gasteiger charge is 2.16. The topological polar surface area (TPSA) is 55.1 Å². The molecule has 5 heteroatoms. The SMILES string of the molecule is CCCc1nc2cc(C(=O)O)ccc2n1C(C)CCSC. The summed E-state index contributed by atoms with van der Waals surface area (Å²) in [4.78, 5) is 15.8. The van der Waals surface area contributed by atoms with Gasteiger partial charge >= 0.3 is 5.97 Å². The van der Waals surface area contributed by atoms with Crippen LogP contribution in [0.2, 0.25) is 0 Å². The highest BCUT2D eigenvalue weighted by molar-refractivity contribution is 7.98. The molecule has 0 spiro atoms. The normalized spacial score (nSPS) is 12.7. The number of carbonyl (C=O) groups is 1. The average molecular weight is 306 g/mol. The van der Waals surface area contributed by atoms with Crippen LogP contribution >= 0.6 is 11.8 Å². The highest BCUT2D eigenvalue weighted by atomic mass is 32.2. The Kier molecular flexibility index (Phi) is 5.28. The summed E-state index contributed by atoms with van der Waals surface area (Å²) in [6.07, 6.45) is 5.15. The van der Waals surface area contributed by atoms with E-state index in [-0.39, 0.29) is 0 Å². The van der Waals surface area contributed by atoms with Crippen LogP contribution in [-0.4, -0.2) is 32.6 Å². The first kappa shape index (κ1) is 15.9. The summed E-state index contributed by atoms with van der Waals surface area (Å²) in [5.41, 5.74) is 2.12. The van der Waals surface area contributed by atoms with Crippen LogP contribution in [-0.2, 0) is 6.42 Å². The molecule has 2 rings (SSSR count). The van der Waals surface area contributed by atoms with E-state index in [1.807, 2.05) is 17.8 Å². The van der Waals surface area contributed by atoms with Gasteiger partial charge in [0.05, 0.1) is 16.6 Å². The summed E-state index contributed by atoms with van der Waals surface area (Å²) < 4.78 is 2.28. The van der Waals surface area contributed by atoms with Gasteiger partial charge in [-0.3, -0.25) is 0 Å². The molecule has 0 fully saturated rings. The number of thioether (sulfide) groups is 1. The Bertz CT molecular complexity index is 636. The molecule has 0 bridgehead atoms. The lowest BCUT2D eigenvalue weighted by Gasteiger charge is -2.17. The summed E-state index contributed by atoms with van der Waals surface area (Å²) in [5, 5.41) is 9.11. The minimum Gasteiger partial charge on any atom is -0.478 e. The Morgan fingerprint density at radius 2 is 2.24 bits per heavy atom. The molecular weight excluding hydrogens is 284 g/mol. The smallest absolute Gasteiger partial charge is 0.335 e. The molecule has 4 nitrogen and oxygen atoms in total. The lowest BCUT2D eigenvalue weighted by Crippen LogP contribution is -2.10. The van der Waals surface area contributed by atoms with Gasteiger partial charge in [0.1, 0.15) is 5.82 Å². The molecule has 0 amide bonds. The zero-order valence-electron chi connectivity index (χ0n) is 12.8. The zero-order chi connectivity index (χ0) is 15.4. The van der Waals surface area contributed by atoms with Crippen LogP contribution in [0, 0.1) is 0 Å². The van der Waals surface area contributed by atoms with Gasteiger partial charge in [0.15, 0.2) is 0 Å². The maximum atomic E-state index is 11.1. The van der Waals surface area contributed by atoms with Gasteiger partial charge in [0.2, 0.25) is 0 Å². The van der Waals surface area contributed by atoms with Crippen LogP contribution in [0.3, 0.4) is 0 Å². The predicted octanol–water partition coefficient (Wildman–Crippen LogP) is 4.00. The minimum atomic E-state index is -0.904. The van der Waals surface area contributed by atoms with Crippen molar-refractivity contribution in [3.05, 3.63) is 29.6 Å². The molecule has 1 aromatic carbocycles. The molecule has 0 aliphatic rings. The fraction of sp³-hybridized carbons (Fsp3) is 0.500. The van der Waals surface area contributed by atoms with E-state index >= 15 is 0 Å². The van der Waals surface area contributed by atoms with Gasteiger partial charge < -0.3 is 9.67 Å². The largest absolute Gasteiger partial charge is 0.478 e. The van der Waals surface area contributed by atoms with Crippen molar-refractivity contribution in [2.75, 3.05) is 12.0 Å². The molecule has 1 atom stereocenters. The van der Waals surface area contributed by atoms with Crippen molar-refractivity contribution in [2.24, 2.45) is 0 Å². The van der Waals surface area contributed by atoms with Crippen LogP contribution in [0.25, 0.3) is 11.0 Å². The lowest BCUT2D eigenvalue weighted by atomic mass is 10.2. The first-order valence-electron chi connectivity index (χ1n) is 7.31. The number of aromatic nitrogens is 2. The van der Waals surface area contributed by atoms with E-state index in [0.29, 0.717) is 11.6 Å². The molecule has 1 unspecified atom stereocenters. The zero-order valence-corrected chi connectivity index (χ0v) is 13.6. The maximum absolute atomic E-state index is 11.1. The third-order valence-electron chi connectivity index (χ3n) is 3.66. The van der Waals surface area contributed by atoms with Gasteiger partial charge in [-0.1, -0.05) is 6.92 Å². The van der Waals surface area contributed by atoms with Gasteiger partial charge in [-0.15, -0.1) is 0 Å². The van der Waals surface area contributed by atoms with Crippen LogP contribution in [0.1, 0.15) is 48.9 Å². The minimum absolute atomic E-state index is 0.298. The number of aromatic carboxylic acids is 1. The third-order valence-corrected chi connectivity index (χ3v) is 4.31. The fourth-order valence-corrected chi connectivity index (χ4v) is 3.17. The Labute approximate surface area is 129 Å². The number of imidazole rings is 1. The molecule has 1 N–H and O–H groups in total. The predicted molar refractivity (Wildman–Crippen MR) is 88.4 cm³/mol. The van der Waals surface area contributed by atoms with Crippen molar-refractivity contribution in [3.8, 4) is 0 Å². The molecule has 1 aromatic heterocycles. The second-order valence-electron chi connectivity index (χ2n) is 5.29. The van der Waals surface area contributed by atoms with Gasteiger partial charge in [-0.2, -0.15) is 11.8 Å². The number of fused-ring (bicyclic) bond motifs is 1. The van der Waals surface area contributed by atoms with E-state index in [2.05, 4.69) is 29.7 Å². The van der Waals surface area contributed by atoms with E-state index in [0.717, 1.165) is 41.9 Å². The molecule has 0 saturated heterocycles. The first-order chi connectivity index (χ1) is 10.1.